The molecule has 0 radical (unpaired) electrons. The minimum atomic E-state index is -3.33. The number of amides is 1. The average molecular weight is 421 g/mol. The van der Waals surface area contributed by atoms with Crippen LogP contribution in [0, 0.1) is 0 Å². The van der Waals surface area contributed by atoms with Gasteiger partial charge in [0.25, 0.3) is 5.91 Å². The Balaban J connectivity index is 1.97. The Kier molecular flexibility index (Phi) is 7.90. The summed E-state index contributed by atoms with van der Waals surface area (Å²) in [7, 11) is -1.85. The van der Waals surface area contributed by atoms with Crippen LogP contribution < -0.4 is 19.1 Å². The molecule has 2 aromatic rings. The molecule has 0 aliphatic rings. The molecule has 0 aliphatic heterocycles. The Morgan fingerprint density at radius 1 is 1.10 bits per heavy atom. The number of nitrogens with zero attached hydrogens (tertiary/aromatic N) is 1. The lowest BCUT2D eigenvalue weighted by molar-refractivity contribution is -0.128. The molecular weight excluding hydrogens is 392 g/mol. The molecule has 0 heterocycles. The molecule has 0 aliphatic carbocycles. The monoisotopic (exact) mass is 420 g/mol. The maximum absolute atomic E-state index is 12.5. The first kappa shape index (κ1) is 22.5. The summed E-state index contributed by atoms with van der Waals surface area (Å²) >= 11 is 0. The third-order valence-corrected chi connectivity index (χ3v) is 5.52. The molecule has 1 atom stereocenters. The van der Waals surface area contributed by atoms with E-state index in [-0.39, 0.29) is 5.91 Å². The van der Waals surface area contributed by atoms with Gasteiger partial charge >= 0.3 is 0 Å². The van der Waals surface area contributed by atoms with Gasteiger partial charge in [0, 0.05) is 13.6 Å². The molecule has 29 heavy (non-hydrogen) atoms. The van der Waals surface area contributed by atoms with Gasteiger partial charge in [0.15, 0.2) is 6.10 Å². The lowest BCUT2D eigenvalue weighted by Crippen LogP contribution is -2.37. The second-order valence-electron chi connectivity index (χ2n) is 6.54. The highest BCUT2D eigenvalue weighted by molar-refractivity contribution is 7.92. The van der Waals surface area contributed by atoms with E-state index in [4.69, 9.17) is 9.47 Å². The molecule has 1 N–H and O–H groups in total. The predicted octanol–water partition coefficient (Wildman–Crippen LogP) is 2.95. The van der Waals surface area contributed by atoms with Crippen molar-refractivity contribution in [2.24, 2.45) is 0 Å². The van der Waals surface area contributed by atoms with Gasteiger partial charge in [-0.25, -0.2) is 8.42 Å². The Bertz CT molecular complexity index is 913. The van der Waals surface area contributed by atoms with Crippen molar-refractivity contribution in [1.29, 1.82) is 0 Å². The fourth-order valence-corrected chi connectivity index (χ4v) is 3.13. The lowest BCUT2D eigenvalue weighted by Gasteiger charge is -2.19. The summed E-state index contributed by atoms with van der Waals surface area (Å²) in [6.07, 6.45) is 0.984. The molecule has 7 nitrogen and oxygen atoms in total. The van der Waals surface area contributed by atoms with E-state index in [9.17, 15) is 13.2 Å². The third-order valence-electron chi connectivity index (χ3n) is 4.32. The van der Waals surface area contributed by atoms with Crippen LogP contribution in [-0.4, -0.2) is 40.3 Å². The van der Waals surface area contributed by atoms with E-state index in [0.29, 0.717) is 31.0 Å². The maximum Gasteiger partial charge on any atom is 0.261 e. The molecule has 1 unspecified atom stereocenters. The van der Waals surface area contributed by atoms with Crippen LogP contribution in [0.15, 0.2) is 48.5 Å². The highest BCUT2D eigenvalue weighted by Gasteiger charge is 2.19. The van der Waals surface area contributed by atoms with Crippen LogP contribution in [0.2, 0.25) is 0 Å². The molecule has 0 saturated heterocycles. The first-order chi connectivity index (χ1) is 13.7. The first-order valence-electron chi connectivity index (χ1n) is 9.44. The van der Waals surface area contributed by atoms with E-state index >= 15 is 0 Å². The Hall–Kier alpha value is -2.74. The minimum absolute atomic E-state index is 0.216. The molecule has 158 valence electrons. The summed E-state index contributed by atoms with van der Waals surface area (Å²) in [5.74, 6) is 1.05. The average Bonchev–Trinajstić information content (AvgIpc) is 2.70. The van der Waals surface area contributed by atoms with Gasteiger partial charge in [-0.1, -0.05) is 19.1 Å². The molecular formula is C21H28N2O5S. The number of hydrogen-bond donors (Lipinski definition) is 1. The van der Waals surface area contributed by atoms with E-state index in [1.807, 2.05) is 38.1 Å². The van der Waals surface area contributed by atoms with E-state index in [0.717, 1.165) is 17.6 Å². The third kappa shape index (κ3) is 6.67. The SMILES string of the molecule is CCOc1cccc(CNC(=O)C(CC)Oc2ccc(N(C)S(C)(=O)=O)cc2)c1. The summed E-state index contributed by atoms with van der Waals surface area (Å²) < 4.78 is 35.7. The van der Waals surface area contributed by atoms with Gasteiger partial charge < -0.3 is 14.8 Å². The largest absolute Gasteiger partial charge is 0.494 e. The predicted molar refractivity (Wildman–Crippen MR) is 114 cm³/mol. The van der Waals surface area contributed by atoms with Crippen molar-refractivity contribution in [1.82, 2.24) is 5.32 Å². The standard InChI is InChI=1S/C21H28N2O5S/c1-5-20(21(24)22-15-16-8-7-9-19(14-16)27-6-2)28-18-12-10-17(11-13-18)23(3)29(4,25)26/h7-14,20H,5-6,15H2,1-4H3,(H,22,24). The van der Waals surface area contributed by atoms with Crippen LogP contribution in [-0.2, 0) is 21.4 Å². The molecule has 0 saturated carbocycles. The molecule has 0 spiro atoms. The second kappa shape index (κ2) is 10.2. The fraction of sp³-hybridized carbons (Fsp3) is 0.381. The van der Waals surface area contributed by atoms with E-state index in [1.54, 1.807) is 24.3 Å². The maximum atomic E-state index is 12.5. The number of anilines is 1. The number of hydrogen-bond acceptors (Lipinski definition) is 5. The van der Waals surface area contributed by atoms with Crippen molar-refractivity contribution < 1.29 is 22.7 Å². The molecule has 0 aromatic heterocycles. The molecule has 1 amide bonds. The topological polar surface area (TPSA) is 84.9 Å². The number of carbonyl (C=O) groups is 1. The molecule has 2 rings (SSSR count). The van der Waals surface area contributed by atoms with Crippen LogP contribution in [0.3, 0.4) is 0 Å². The number of ether oxygens (including phenoxy) is 2. The van der Waals surface area contributed by atoms with Crippen molar-refractivity contribution in [2.75, 3.05) is 24.2 Å². The Morgan fingerprint density at radius 2 is 1.79 bits per heavy atom. The van der Waals surface area contributed by atoms with E-state index < -0.39 is 16.1 Å². The van der Waals surface area contributed by atoms with E-state index in [1.165, 1.54) is 11.4 Å². The van der Waals surface area contributed by atoms with Gasteiger partial charge in [-0.2, -0.15) is 0 Å². The highest BCUT2D eigenvalue weighted by atomic mass is 32.2. The van der Waals surface area contributed by atoms with Crippen LogP contribution in [0.1, 0.15) is 25.8 Å². The van der Waals surface area contributed by atoms with Crippen LogP contribution in [0.4, 0.5) is 5.69 Å². The van der Waals surface area contributed by atoms with Gasteiger partial charge in [0.05, 0.1) is 18.6 Å². The summed E-state index contributed by atoms with van der Waals surface area (Å²) in [5, 5.41) is 2.88. The summed E-state index contributed by atoms with van der Waals surface area (Å²) in [6.45, 7) is 4.74. The first-order valence-corrected chi connectivity index (χ1v) is 11.3. The van der Waals surface area contributed by atoms with Crippen molar-refractivity contribution in [3.8, 4) is 11.5 Å². The number of nitrogens with one attached hydrogen (secondary N) is 1. The zero-order valence-electron chi connectivity index (χ0n) is 17.2. The number of benzene rings is 2. The zero-order valence-corrected chi connectivity index (χ0v) is 18.0. The lowest BCUT2D eigenvalue weighted by atomic mass is 10.2. The van der Waals surface area contributed by atoms with Gasteiger partial charge in [-0.05, 0) is 55.3 Å². The number of rotatable bonds is 10. The van der Waals surface area contributed by atoms with Crippen LogP contribution in [0.5, 0.6) is 11.5 Å². The van der Waals surface area contributed by atoms with E-state index in [2.05, 4.69) is 5.32 Å². The molecule has 0 bridgehead atoms. The molecule has 0 fully saturated rings. The van der Waals surface area contributed by atoms with Crippen LogP contribution >= 0.6 is 0 Å². The molecule has 2 aromatic carbocycles. The fourth-order valence-electron chi connectivity index (χ4n) is 2.63. The Labute approximate surface area is 172 Å². The van der Waals surface area contributed by atoms with Gasteiger partial charge in [0.2, 0.25) is 10.0 Å². The Morgan fingerprint density at radius 3 is 2.38 bits per heavy atom. The van der Waals surface area contributed by atoms with Crippen molar-refractivity contribution in [3.05, 3.63) is 54.1 Å². The van der Waals surface area contributed by atoms with Crippen molar-refractivity contribution >= 4 is 21.6 Å². The zero-order chi connectivity index (χ0) is 21.4. The summed E-state index contributed by atoms with van der Waals surface area (Å²) in [5.41, 5.74) is 1.46. The number of sulfonamides is 1. The quantitative estimate of drug-likeness (QED) is 0.639. The summed E-state index contributed by atoms with van der Waals surface area (Å²) in [6, 6.07) is 14.1. The van der Waals surface area contributed by atoms with Crippen molar-refractivity contribution in [2.45, 2.75) is 32.9 Å². The normalized spacial score (nSPS) is 12.1. The van der Waals surface area contributed by atoms with Crippen LogP contribution in [0.25, 0.3) is 0 Å². The van der Waals surface area contributed by atoms with Gasteiger partial charge in [0.1, 0.15) is 11.5 Å². The summed E-state index contributed by atoms with van der Waals surface area (Å²) in [4.78, 5) is 12.5. The van der Waals surface area contributed by atoms with Gasteiger partial charge in [-0.3, -0.25) is 9.10 Å². The smallest absolute Gasteiger partial charge is 0.261 e. The van der Waals surface area contributed by atoms with Crippen molar-refractivity contribution in [3.63, 3.8) is 0 Å². The second-order valence-corrected chi connectivity index (χ2v) is 8.55. The van der Waals surface area contributed by atoms with Gasteiger partial charge in [-0.15, -0.1) is 0 Å². The number of carbonyl (C=O) groups excluding carboxylic acids is 1. The molecule has 8 heteroatoms. The minimum Gasteiger partial charge on any atom is -0.494 e. The highest BCUT2D eigenvalue weighted by Crippen LogP contribution is 2.21.